The van der Waals surface area contributed by atoms with Crippen LogP contribution in [-0.4, -0.2) is 44.8 Å². The van der Waals surface area contributed by atoms with Crippen LogP contribution in [0.5, 0.6) is 0 Å². The maximum Gasteiger partial charge on any atom is 0.275 e. The molecular formula is C17H22N2O3S. The van der Waals surface area contributed by atoms with Gasteiger partial charge >= 0.3 is 0 Å². The molecule has 1 aliphatic heterocycles. The molecule has 0 N–H and O–H groups in total. The SMILES string of the molecule is CN(C)S(=O)(=O)c1ccc(CN2CC[C@@H](c3ccccc3)C2)o1. The lowest BCUT2D eigenvalue weighted by atomic mass is 9.99. The van der Waals surface area contributed by atoms with Crippen LogP contribution in [0.4, 0.5) is 0 Å². The van der Waals surface area contributed by atoms with E-state index >= 15 is 0 Å². The van der Waals surface area contributed by atoms with E-state index in [9.17, 15) is 8.42 Å². The zero-order chi connectivity index (χ0) is 16.4. The fraction of sp³-hybridized carbons (Fsp3) is 0.412. The van der Waals surface area contributed by atoms with E-state index in [4.69, 9.17) is 4.42 Å². The summed E-state index contributed by atoms with van der Waals surface area (Å²) in [5.74, 6) is 1.23. The molecule has 0 amide bonds. The predicted molar refractivity (Wildman–Crippen MR) is 88.7 cm³/mol. The third kappa shape index (κ3) is 3.49. The second-order valence-corrected chi connectivity index (χ2v) is 8.22. The van der Waals surface area contributed by atoms with Crippen molar-refractivity contribution in [2.75, 3.05) is 27.2 Å². The molecule has 1 aromatic carbocycles. The predicted octanol–water partition coefficient (Wildman–Crippen LogP) is 2.52. The van der Waals surface area contributed by atoms with Gasteiger partial charge in [0.25, 0.3) is 10.0 Å². The van der Waals surface area contributed by atoms with Gasteiger partial charge in [0.15, 0.2) is 0 Å². The molecular weight excluding hydrogens is 312 g/mol. The summed E-state index contributed by atoms with van der Waals surface area (Å²) >= 11 is 0. The average molecular weight is 334 g/mol. The summed E-state index contributed by atoms with van der Waals surface area (Å²) in [4.78, 5) is 2.31. The van der Waals surface area contributed by atoms with Crippen LogP contribution in [0.15, 0.2) is 52.0 Å². The molecule has 23 heavy (non-hydrogen) atoms. The van der Waals surface area contributed by atoms with Gasteiger partial charge in [0.05, 0.1) is 6.54 Å². The fourth-order valence-corrected chi connectivity index (χ4v) is 3.77. The van der Waals surface area contributed by atoms with Crippen LogP contribution >= 0.6 is 0 Å². The molecule has 0 bridgehead atoms. The number of furan rings is 1. The molecule has 2 aromatic rings. The van der Waals surface area contributed by atoms with Crippen molar-refractivity contribution in [3.05, 3.63) is 53.8 Å². The molecule has 5 nitrogen and oxygen atoms in total. The Kier molecular flexibility index (Phi) is 4.57. The maximum atomic E-state index is 12.0. The minimum absolute atomic E-state index is 0.0105. The van der Waals surface area contributed by atoms with Crippen molar-refractivity contribution in [3.8, 4) is 0 Å². The number of rotatable bonds is 5. The van der Waals surface area contributed by atoms with Crippen molar-refractivity contribution in [1.82, 2.24) is 9.21 Å². The van der Waals surface area contributed by atoms with Crippen molar-refractivity contribution >= 4 is 10.0 Å². The van der Waals surface area contributed by atoms with E-state index in [-0.39, 0.29) is 5.09 Å². The highest BCUT2D eigenvalue weighted by atomic mass is 32.2. The molecule has 1 atom stereocenters. The Hall–Kier alpha value is -1.63. The minimum atomic E-state index is -3.50. The van der Waals surface area contributed by atoms with Crippen molar-refractivity contribution in [1.29, 1.82) is 0 Å². The number of sulfonamides is 1. The van der Waals surface area contributed by atoms with Crippen molar-refractivity contribution in [2.45, 2.75) is 24.0 Å². The van der Waals surface area contributed by atoms with Gasteiger partial charge < -0.3 is 4.42 Å². The Balaban J connectivity index is 1.64. The highest BCUT2D eigenvalue weighted by Gasteiger charge is 2.26. The zero-order valence-corrected chi connectivity index (χ0v) is 14.3. The van der Waals surface area contributed by atoms with Crippen LogP contribution in [0.3, 0.4) is 0 Å². The first-order chi connectivity index (χ1) is 11.0. The molecule has 6 heteroatoms. The molecule has 0 radical (unpaired) electrons. The van der Waals surface area contributed by atoms with E-state index in [1.807, 2.05) is 6.07 Å². The fourth-order valence-electron chi connectivity index (χ4n) is 2.96. The van der Waals surface area contributed by atoms with E-state index in [0.29, 0.717) is 18.2 Å². The monoisotopic (exact) mass is 334 g/mol. The molecule has 0 unspecified atom stereocenters. The minimum Gasteiger partial charge on any atom is -0.447 e. The normalized spacial score (nSPS) is 19.5. The van der Waals surface area contributed by atoms with E-state index < -0.39 is 10.0 Å². The summed E-state index contributed by atoms with van der Waals surface area (Å²) < 4.78 is 30.8. The van der Waals surface area contributed by atoms with Crippen LogP contribution in [0, 0.1) is 0 Å². The Morgan fingerprint density at radius 1 is 1.17 bits per heavy atom. The largest absolute Gasteiger partial charge is 0.447 e. The summed E-state index contributed by atoms with van der Waals surface area (Å²) in [6.07, 6.45) is 1.12. The van der Waals surface area contributed by atoms with Crippen LogP contribution in [0.2, 0.25) is 0 Å². The number of hydrogen-bond acceptors (Lipinski definition) is 4. The van der Waals surface area contributed by atoms with E-state index in [0.717, 1.165) is 23.8 Å². The topological polar surface area (TPSA) is 53.8 Å². The Morgan fingerprint density at radius 2 is 1.91 bits per heavy atom. The lowest BCUT2D eigenvalue weighted by molar-refractivity contribution is 0.279. The standard InChI is InChI=1S/C17H22N2O3S/c1-18(2)23(20,21)17-9-8-16(22-17)13-19-11-10-15(12-19)14-6-4-3-5-7-14/h3-9,15H,10-13H2,1-2H3/t15-/m1/s1. The van der Waals surface area contributed by atoms with Gasteiger partial charge in [-0.1, -0.05) is 30.3 Å². The van der Waals surface area contributed by atoms with Gasteiger partial charge in [-0.3, -0.25) is 4.90 Å². The van der Waals surface area contributed by atoms with Gasteiger partial charge in [0, 0.05) is 20.6 Å². The second kappa shape index (κ2) is 6.47. The molecule has 1 aliphatic rings. The molecule has 0 aliphatic carbocycles. The third-order valence-corrected chi connectivity index (χ3v) is 5.98. The van der Waals surface area contributed by atoms with Crippen LogP contribution in [0.25, 0.3) is 0 Å². The maximum absolute atomic E-state index is 12.0. The summed E-state index contributed by atoms with van der Waals surface area (Å²) in [6.45, 7) is 2.61. The average Bonchev–Trinajstić information content (AvgIpc) is 3.18. The van der Waals surface area contributed by atoms with Gasteiger partial charge in [0.2, 0.25) is 5.09 Å². The molecule has 0 spiro atoms. The summed E-state index contributed by atoms with van der Waals surface area (Å²) in [6, 6.07) is 13.8. The first kappa shape index (κ1) is 16.2. The highest BCUT2D eigenvalue weighted by Crippen LogP contribution is 2.28. The number of nitrogens with zero attached hydrogens (tertiary/aromatic N) is 2. The van der Waals surface area contributed by atoms with Crippen LogP contribution in [0.1, 0.15) is 23.7 Å². The molecule has 3 rings (SSSR count). The quantitative estimate of drug-likeness (QED) is 0.843. The summed E-state index contributed by atoms with van der Waals surface area (Å²) in [7, 11) is -0.490. The smallest absolute Gasteiger partial charge is 0.275 e. The van der Waals surface area contributed by atoms with E-state index in [1.165, 1.54) is 25.7 Å². The summed E-state index contributed by atoms with van der Waals surface area (Å²) in [5.41, 5.74) is 1.37. The lowest BCUT2D eigenvalue weighted by Gasteiger charge is -2.14. The molecule has 0 saturated carbocycles. The second-order valence-electron chi connectivity index (χ2n) is 6.14. The number of benzene rings is 1. The van der Waals surface area contributed by atoms with Crippen LogP contribution < -0.4 is 0 Å². The third-order valence-electron chi connectivity index (χ3n) is 4.29. The van der Waals surface area contributed by atoms with Gasteiger partial charge in [-0.15, -0.1) is 0 Å². The Morgan fingerprint density at radius 3 is 2.61 bits per heavy atom. The van der Waals surface area contributed by atoms with Gasteiger partial charge in [0.1, 0.15) is 5.76 Å². The van der Waals surface area contributed by atoms with Crippen molar-refractivity contribution < 1.29 is 12.8 Å². The lowest BCUT2D eigenvalue weighted by Crippen LogP contribution is -2.22. The number of hydrogen-bond donors (Lipinski definition) is 0. The summed E-state index contributed by atoms with van der Waals surface area (Å²) in [5, 5.41) is 0.0105. The zero-order valence-electron chi connectivity index (χ0n) is 13.5. The van der Waals surface area contributed by atoms with E-state index in [1.54, 1.807) is 6.07 Å². The molecule has 1 aromatic heterocycles. The molecule has 124 valence electrons. The Bertz CT molecular complexity index is 753. The van der Waals surface area contributed by atoms with Gasteiger partial charge in [-0.05, 0) is 36.6 Å². The Labute approximate surface area is 137 Å². The molecule has 1 saturated heterocycles. The molecule has 1 fully saturated rings. The van der Waals surface area contributed by atoms with Gasteiger partial charge in [-0.25, -0.2) is 12.7 Å². The van der Waals surface area contributed by atoms with Crippen LogP contribution in [-0.2, 0) is 16.6 Å². The first-order valence-electron chi connectivity index (χ1n) is 7.75. The van der Waals surface area contributed by atoms with Crippen molar-refractivity contribution in [2.24, 2.45) is 0 Å². The number of likely N-dealkylation sites (tertiary alicyclic amines) is 1. The van der Waals surface area contributed by atoms with Crippen molar-refractivity contribution in [3.63, 3.8) is 0 Å². The first-order valence-corrected chi connectivity index (χ1v) is 9.19. The highest BCUT2D eigenvalue weighted by molar-refractivity contribution is 7.88. The van der Waals surface area contributed by atoms with Gasteiger partial charge in [-0.2, -0.15) is 0 Å². The van der Waals surface area contributed by atoms with E-state index in [2.05, 4.69) is 29.2 Å². The molecule has 2 heterocycles.